The number of hydrogen-bond donors (Lipinski definition) is 2. The molecule has 0 aromatic carbocycles. The van der Waals surface area contributed by atoms with Crippen molar-refractivity contribution in [2.24, 2.45) is 29.6 Å². The number of likely N-dealkylation sites (N-methyl/N-ethyl adjacent to an activating group) is 1. The number of ether oxygens (including phenoxy) is 8. The topological polar surface area (TPSA) is 199 Å². The number of pyridine rings is 1. The van der Waals surface area contributed by atoms with Crippen molar-refractivity contribution in [3.05, 3.63) is 24.7 Å². The summed E-state index contributed by atoms with van der Waals surface area (Å²) in [6.07, 6.45) is -2.61. The van der Waals surface area contributed by atoms with Crippen molar-refractivity contribution in [2.75, 3.05) is 34.1 Å². The molecule has 0 spiro atoms. The molecular formula is C49H78N4O13S. The van der Waals surface area contributed by atoms with Gasteiger partial charge in [0.25, 0.3) is 0 Å². The van der Waals surface area contributed by atoms with E-state index >= 15 is 4.79 Å². The van der Waals surface area contributed by atoms with Crippen LogP contribution < -0.4 is 0 Å². The van der Waals surface area contributed by atoms with E-state index in [2.05, 4.69) is 9.97 Å². The van der Waals surface area contributed by atoms with Crippen molar-refractivity contribution in [1.29, 1.82) is 0 Å². The van der Waals surface area contributed by atoms with Gasteiger partial charge in [-0.15, -0.1) is 11.8 Å². The number of fused-ring (bicyclic) bond motifs is 2. The van der Waals surface area contributed by atoms with Gasteiger partial charge in [0.2, 0.25) is 0 Å². The number of rotatable bonds is 13. The number of hydrogen-bond acceptors (Lipinski definition) is 17. The fraction of sp³-hybridized carbons (Fsp3) is 0.816. The number of carbonyl (C=O) groups is 3. The third-order valence-electron chi connectivity index (χ3n) is 15.5. The number of Topliss-reactive ketones (excluding diaryl/α,β-unsaturated/α-hetero) is 1. The number of aromatic nitrogens is 3. The predicted molar refractivity (Wildman–Crippen MR) is 251 cm³/mol. The van der Waals surface area contributed by atoms with Gasteiger partial charge in [0.1, 0.15) is 34.9 Å². The van der Waals surface area contributed by atoms with Crippen molar-refractivity contribution >= 4 is 40.6 Å². The summed E-state index contributed by atoms with van der Waals surface area (Å²) in [4.78, 5) is 55.1. The average Bonchev–Trinajstić information content (AvgIpc) is 3.82. The minimum absolute atomic E-state index is 0.109. The highest BCUT2D eigenvalue weighted by atomic mass is 32.2. The van der Waals surface area contributed by atoms with Crippen molar-refractivity contribution in [3.63, 3.8) is 0 Å². The van der Waals surface area contributed by atoms with Crippen LogP contribution in [0.3, 0.4) is 0 Å². The molecule has 2 unspecified atom stereocenters. The van der Waals surface area contributed by atoms with Crippen LogP contribution >= 0.6 is 11.8 Å². The molecule has 4 fully saturated rings. The summed E-state index contributed by atoms with van der Waals surface area (Å²) in [5.74, 6) is -4.34. The fourth-order valence-corrected chi connectivity index (χ4v) is 12.9. The first-order valence-corrected chi connectivity index (χ1v) is 25.2. The molecule has 378 valence electrons. The van der Waals surface area contributed by atoms with E-state index in [1.165, 1.54) is 18.9 Å². The first-order chi connectivity index (χ1) is 31.5. The number of methoxy groups -OCH3 is 2. The standard InChI is InChI=1S/C49H78N4O13S/c1-15-34-49(10)36(40(45(58)66-49)67-21-17-20-53-25-51-32-18-16-19-50-43(32)53)28(4)37(54)26(2)23-48(9,60-14)42(65-46-38(55)33(52(11)12)22-27(3)61-46)29(5)39(30(6)44(57)63-34)64-35-24-47(8,59-13)41(56)31(7)62-35/h16,18-19,25-31,33-36,38-42,46,55-56H,15,17,20-24H2,1-14H3/t26-,27-,28-,29+,30-,31-,33+,34-,35+,36?,38-,39+,40?,41+,42-,46+,47-,48-,49-/m1/s1. The van der Waals surface area contributed by atoms with Gasteiger partial charge in [0, 0.05) is 63.1 Å². The SMILES string of the molecule is CC[C@H]1OC(=O)[C@H](C)[C@@H](O[C@H]2C[C@@](C)(OC)[C@@H](O)[C@@H](C)O2)[C@H](C)[C@@H](O[C@@H]2O[C@H](C)C[C@H](N(C)C)[C@H]2O)[C@](C)(OC)C[C@@H](C)C(=O)[C@H](C)C2C(SCCCn3cnc4cccnc43)C(=O)O[C@@]21C. The maximum atomic E-state index is 15.1. The number of carbonyl (C=O) groups excluding carboxylic acids is 3. The van der Waals surface area contributed by atoms with Crippen molar-refractivity contribution in [1.82, 2.24) is 19.4 Å². The van der Waals surface area contributed by atoms with Crippen LogP contribution in [-0.2, 0) is 58.8 Å². The summed E-state index contributed by atoms with van der Waals surface area (Å²) in [5.41, 5.74) is -2.08. The third-order valence-corrected chi connectivity index (χ3v) is 16.8. The lowest BCUT2D eigenvalue weighted by molar-refractivity contribution is -0.319. The number of aliphatic hydroxyl groups excluding tert-OH is 2. The van der Waals surface area contributed by atoms with Crippen LogP contribution in [-0.4, -0.2) is 165 Å². The maximum absolute atomic E-state index is 15.1. The molecule has 0 radical (unpaired) electrons. The van der Waals surface area contributed by atoms with Crippen LogP contribution in [0.1, 0.15) is 101 Å². The largest absolute Gasteiger partial charge is 0.458 e. The van der Waals surface area contributed by atoms with E-state index in [9.17, 15) is 19.8 Å². The van der Waals surface area contributed by atoms with Gasteiger partial charge in [-0.1, -0.05) is 27.7 Å². The van der Waals surface area contributed by atoms with Crippen LogP contribution in [0.25, 0.3) is 11.2 Å². The van der Waals surface area contributed by atoms with Gasteiger partial charge in [-0.2, -0.15) is 0 Å². The summed E-state index contributed by atoms with van der Waals surface area (Å²) in [6.45, 7) is 18.9. The minimum atomic E-state index is -1.37. The van der Waals surface area contributed by atoms with Crippen LogP contribution in [0.15, 0.2) is 24.7 Å². The van der Waals surface area contributed by atoms with Crippen molar-refractivity contribution in [3.8, 4) is 0 Å². The van der Waals surface area contributed by atoms with Crippen LogP contribution in [0.4, 0.5) is 0 Å². The molecule has 0 saturated carbocycles. The third kappa shape index (κ3) is 10.9. The highest BCUT2D eigenvalue weighted by molar-refractivity contribution is 8.00. The van der Waals surface area contributed by atoms with Gasteiger partial charge in [-0.3, -0.25) is 14.4 Å². The first-order valence-electron chi connectivity index (χ1n) is 24.1. The zero-order chi connectivity index (χ0) is 49.3. The lowest BCUT2D eigenvalue weighted by Crippen LogP contribution is -2.61. The van der Waals surface area contributed by atoms with Gasteiger partial charge >= 0.3 is 11.9 Å². The molecule has 67 heavy (non-hydrogen) atoms. The highest BCUT2D eigenvalue weighted by Gasteiger charge is 2.62. The lowest BCUT2D eigenvalue weighted by atomic mass is 9.70. The van der Waals surface area contributed by atoms with Gasteiger partial charge < -0.3 is 57.6 Å². The Morgan fingerprint density at radius 1 is 0.925 bits per heavy atom. The number of nitrogens with zero attached hydrogens (tertiary/aromatic N) is 4. The second-order valence-electron chi connectivity index (χ2n) is 20.5. The Morgan fingerprint density at radius 2 is 1.63 bits per heavy atom. The van der Waals surface area contributed by atoms with Crippen LogP contribution in [0.5, 0.6) is 0 Å². The van der Waals surface area contributed by atoms with E-state index in [0.717, 1.165) is 11.2 Å². The Hall–Kier alpha value is -2.78. The zero-order valence-corrected chi connectivity index (χ0v) is 42.9. The summed E-state index contributed by atoms with van der Waals surface area (Å²) in [5, 5.41) is 22.2. The molecule has 0 aliphatic carbocycles. The monoisotopic (exact) mass is 963 g/mol. The molecule has 2 aromatic heterocycles. The summed E-state index contributed by atoms with van der Waals surface area (Å²) in [6, 6.07) is 3.47. The van der Waals surface area contributed by atoms with E-state index in [0.29, 0.717) is 25.1 Å². The van der Waals surface area contributed by atoms with Crippen LogP contribution in [0.2, 0.25) is 0 Å². The summed E-state index contributed by atoms with van der Waals surface area (Å²) < 4.78 is 53.7. The molecule has 2 aromatic rings. The number of aryl methyl sites for hydroxylation is 1. The Kier molecular flexibility index (Phi) is 17.3. The lowest BCUT2D eigenvalue weighted by Gasteiger charge is -2.50. The zero-order valence-electron chi connectivity index (χ0n) is 42.1. The number of aliphatic hydroxyl groups is 2. The molecule has 6 heterocycles. The summed E-state index contributed by atoms with van der Waals surface area (Å²) >= 11 is 1.45. The average molecular weight is 963 g/mol. The van der Waals surface area contributed by atoms with E-state index in [1.807, 2.05) is 77.2 Å². The van der Waals surface area contributed by atoms with Crippen molar-refractivity contribution < 1.29 is 62.5 Å². The number of ketones is 1. The predicted octanol–water partition coefficient (Wildman–Crippen LogP) is 5.20. The number of esters is 2. The molecule has 6 rings (SSSR count). The van der Waals surface area contributed by atoms with Gasteiger partial charge in [0.05, 0.1) is 47.9 Å². The Labute approximate surface area is 401 Å². The molecule has 18 heteroatoms. The molecule has 19 atom stereocenters. The molecule has 0 amide bonds. The van der Waals surface area contributed by atoms with Gasteiger partial charge in [-0.25, -0.2) is 9.97 Å². The van der Waals surface area contributed by atoms with Gasteiger partial charge in [0.15, 0.2) is 23.8 Å². The maximum Gasteiger partial charge on any atom is 0.320 e. The Bertz CT molecular complexity index is 2010. The minimum Gasteiger partial charge on any atom is -0.458 e. The Balaban J connectivity index is 1.39. The molecule has 4 aliphatic heterocycles. The van der Waals surface area contributed by atoms with Gasteiger partial charge in [-0.05, 0) is 99.2 Å². The van der Waals surface area contributed by atoms with E-state index in [1.54, 1.807) is 47.3 Å². The molecule has 4 saturated heterocycles. The molecular weight excluding hydrogens is 885 g/mol. The van der Waals surface area contributed by atoms with E-state index in [-0.39, 0.29) is 37.2 Å². The molecule has 2 N–H and O–H groups in total. The molecule has 0 bridgehead atoms. The number of thioether (sulfide) groups is 1. The first kappa shape index (κ1) is 53.6. The molecule has 17 nitrogen and oxygen atoms in total. The van der Waals surface area contributed by atoms with Crippen LogP contribution in [0, 0.1) is 29.6 Å². The fourth-order valence-electron chi connectivity index (χ4n) is 11.4. The smallest absolute Gasteiger partial charge is 0.320 e. The van der Waals surface area contributed by atoms with Crippen molar-refractivity contribution in [2.45, 2.75) is 191 Å². The quantitative estimate of drug-likeness (QED) is 0.196. The van der Waals surface area contributed by atoms with E-state index < -0.39 is 113 Å². The summed E-state index contributed by atoms with van der Waals surface area (Å²) in [7, 11) is 6.88. The number of cyclic esters (lactones) is 1. The highest BCUT2D eigenvalue weighted by Crippen LogP contribution is 2.49. The molecule has 4 aliphatic rings. The van der Waals surface area contributed by atoms with E-state index in [4.69, 9.17) is 37.9 Å². The normalized spacial score (nSPS) is 42.6. The Morgan fingerprint density at radius 3 is 2.28 bits per heavy atom. The second-order valence-corrected chi connectivity index (χ2v) is 21.8. The second kappa shape index (κ2) is 21.7. The number of imidazole rings is 1.